The Morgan fingerprint density at radius 2 is 2.36 bits per heavy atom. The summed E-state index contributed by atoms with van der Waals surface area (Å²) in [5.41, 5.74) is 5.23. The van der Waals surface area contributed by atoms with E-state index in [1.54, 1.807) is 0 Å². The number of alkyl halides is 1. The Hall–Kier alpha value is -0.0900. The van der Waals surface area contributed by atoms with Gasteiger partial charge in [-0.3, -0.25) is 4.79 Å². The van der Waals surface area contributed by atoms with E-state index in [1.807, 2.05) is 6.92 Å². The number of ether oxygens (including phenoxy) is 1. The zero-order valence-corrected chi connectivity index (χ0v) is 8.26. The average molecular weight is 224 g/mol. The van der Waals surface area contributed by atoms with Crippen LogP contribution < -0.4 is 5.73 Å². The smallest absolute Gasteiger partial charge is 0.321 e. The molecule has 0 saturated heterocycles. The van der Waals surface area contributed by atoms with Crippen LogP contribution in [-0.2, 0) is 9.53 Å². The summed E-state index contributed by atoms with van der Waals surface area (Å²) in [5.74, 6) is -0.263. The first-order valence-corrected chi connectivity index (χ1v) is 4.64. The molecule has 0 rings (SSSR count). The minimum atomic E-state index is -0.348. The minimum absolute atomic E-state index is 0.263. The molecule has 4 heteroatoms. The molecule has 0 aliphatic heterocycles. The number of carbonyl (C=O) groups is 1. The van der Waals surface area contributed by atoms with Gasteiger partial charge in [-0.1, -0.05) is 29.3 Å². The topological polar surface area (TPSA) is 52.3 Å². The lowest BCUT2D eigenvalue weighted by Crippen LogP contribution is -2.25. The Morgan fingerprint density at radius 1 is 1.73 bits per heavy atom. The molecule has 2 N–H and O–H groups in total. The molecule has 0 radical (unpaired) electrons. The van der Waals surface area contributed by atoms with Crippen LogP contribution in [0.3, 0.4) is 0 Å². The highest BCUT2D eigenvalue weighted by atomic mass is 79.9. The van der Waals surface area contributed by atoms with Crippen molar-refractivity contribution in [3.05, 3.63) is 0 Å². The Kier molecular flexibility index (Phi) is 6.56. The van der Waals surface area contributed by atoms with Crippen LogP contribution in [0.5, 0.6) is 0 Å². The highest BCUT2D eigenvalue weighted by molar-refractivity contribution is 9.10. The second kappa shape index (κ2) is 6.61. The van der Waals surface area contributed by atoms with Gasteiger partial charge in [0.1, 0.15) is 4.83 Å². The maximum atomic E-state index is 10.9. The Morgan fingerprint density at radius 3 is 2.82 bits per heavy atom. The van der Waals surface area contributed by atoms with E-state index in [2.05, 4.69) is 15.9 Å². The molecular weight excluding hydrogens is 210 g/mol. The van der Waals surface area contributed by atoms with Gasteiger partial charge >= 0.3 is 5.97 Å². The van der Waals surface area contributed by atoms with Crippen LogP contribution in [0.25, 0.3) is 0 Å². The quantitative estimate of drug-likeness (QED) is 0.431. The summed E-state index contributed by atoms with van der Waals surface area (Å²) in [6, 6.07) is 0. The van der Waals surface area contributed by atoms with Gasteiger partial charge in [0.25, 0.3) is 0 Å². The minimum Gasteiger partial charge on any atom is -0.465 e. The average Bonchev–Trinajstić information content (AvgIpc) is 2.03. The summed E-state index contributed by atoms with van der Waals surface area (Å²) >= 11 is 3.09. The molecule has 0 heterocycles. The maximum Gasteiger partial charge on any atom is 0.321 e. The van der Waals surface area contributed by atoms with Crippen LogP contribution in [0.15, 0.2) is 0 Å². The van der Waals surface area contributed by atoms with Gasteiger partial charge in [0.2, 0.25) is 0 Å². The molecule has 0 saturated carbocycles. The first kappa shape index (κ1) is 10.9. The molecule has 0 spiro atoms. The number of carbonyl (C=O) groups excluding carboxylic acids is 1. The molecule has 0 amide bonds. The van der Waals surface area contributed by atoms with Gasteiger partial charge in [-0.05, 0) is 6.42 Å². The lowest BCUT2D eigenvalue weighted by Gasteiger charge is -2.06. The fourth-order valence-corrected chi connectivity index (χ4v) is 0.636. The monoisotopic (exact) mass is 223 g/mol. The van der Waals surface area contributed by atoms with E-state index < -0.39 is 0 Å². The number of halogens is 1. The molecule has 1 atom stereocenters. The molecular formula is C7H14BrNO2. The third kappa shape index (κ3) is 5.21. The van der Waals surface area contributed by atoms with Crippen LogP contribution in [0.4, 0.5) is 0 Å². The van der Waals surface area contributed by atoms with Crippen molar-refractivity contribution >= 4 is 21.9 Å². The summed E-state index contributed by atoms with van der Waals surface area (Å²) in [6.07, 6.45) is 1.94. The number of hydrogen-bond acceptors (Lipinski definition) is 3. The summed E-state index contributed by atoms with van der Waals surface area (Å²) < 4.78 is 4.87. The third-order valence-corrected chi connectivity index (χ3v) is 1.95. The predicted molar refractivity (Wildman–Crippen MR) is 47.6 cm³/mol. The molecule has 1 unspecified atom stereocenters. The zero-order chi connectivity index (χ0) is 8.69. The van der Waals surface area contributed by atoms with Crippen LogP contribution in [0, 0.1) is 0 Å². The SMILES string of the molecule is CCCCOC(=O)C(Br)CN. The van der Waals surface area contributed by atoms with Crippen molar-refractivity contribution in [1.29, 1.82) is 0 Å². The van der Waals surface area contributed by atoms with E-state index in [0.717, 1.165) is 12.8 Å². The number of hydrogen-bond donors (Lipinski definition) is 1. The van der Waals surface area contributed by atoms with Gasteiger partial charge in [0, 0.05) is 6.54 Å². The highest BCUT2D eigenvalue weighted by Gasteiger charge is 2.12. The van der Waals surface area contributed by atoms with Gasteiger partial charge < -0.3 is 10.5 Å². The fraction of sp³-hybridized carbons (Fsp3) is 0.857. The van der Waals surface area contributed by atoms with E-state index in [9.17, 15) is 4.79 Å². The predicted octanol–water partition coefficient (Wildman–Crippen LogP) is 1.05. The van der Waals surface area contributed by atoms with Crippen LogP contribution in [0.1, 0.15) is 19.8 Å². The van der Waals surface area contributed by atoms with E-state index in [1.165, 1.54) is 0 Å². The van der Waals surface area contributed by atoms with Crippen LogP contribution >= 0.6 is 15.9 Å². The number of nitrogens with two attached hydrogens (primary N) is 1. The molecule has 0 aromatic rings. The molecule has 11 heavy (non-hydrogen) atoms. The van der Waals surface area contributed by atoms with Crippen molar-refractivity contribution in [3.63, 3.8) is 0 Å². The summed E-state index contributed by atoms with van der Waals surface area (Å²) in [6.45, 7) is 2.82. The van der Waals surface area contributed by atoms with Crippen molar-refractivity contribution in [1.82, 2.24) is 0 Å². The fourth-order valence-electron chi connectivity index (χ4n) is 0.504. The Bertz CT molecular complexity index is 119. The molecule has 0 bridgehead atoms. The second-order valence-corrected chi connectivity index (χ2v) is 3.33. The Labute approximate surface area is 75.4 Å². The molecule has 0 aromatic carbocycles. The Balaban J connectivity index is 3.36. The maximum absolute atomic E-state index is 10.9. The summed E-state index contributed by atoms with van der Waals surface area (Å²) in [5, 5.41) is 0. The number of rotatable bonds is 5. The largest absolute Gasteiger partial charge is 0.465 e. The first-order valence-electron chi connectivity index (χ1n) is 3.73. The lowest BCUT2D eigenvalue weighted by atomic mass is 10.3. The second-order valence-electron chi connectivity index (χ2n) is 2.22. The van der Waals surface area contributed by atoms with Gasteiger partial charge in [0.05, 0.1) is 6.61 Å². The van der Waals surface area contributed by atoms with Crippen molar-refractivity contribution in [2.45, 2.75) is 24.6 Å². The van der Waals surface area contributed by atoms with E-state index >= 15 is 0 Å². The van der Waals surface area contributed by atoms with E-state index in [-0.39, 0.29) is 17.3 Å². The van der Waals surface area contributed by atoms with Crippen molar-refractivity contribution in [3.8, 4) is 0 Å². The molecule has 3 nitrogen and oxygen atoms in total. The van der Waals surface area contributed by atoms with E-state index in [0.29, 0.717) is 6.61 Å². The zero-order valence-electron chi connectivity index (χ0n) is 6.68. The van der Waals surface area contributed by atoms with Crippen LogP contribution in [-0.4, -0.2) is 23.9 Å². The standard InChI is InChI=1S/C7H14BrNO2/c1-2-3-4-11-7(10)6(8)5-9/h6H,2-5,9H2,1H3. The lowest BCUT2D eigenvalue weighted by molar-refractivity contribution is -0.142. The summed E-state index contributed by atoms with van der Waals surface area (Å²) in [4.78, 5) is 10.6. The molecule has 66 valence electrons. The molecule has 0 aliphatic carbocycles. The van der Waals surface area contributed by atoms with E-state index in [4.69, 9.17) is 10.5 Å². The molecule has 0 fully saturated rings. The van der Waals surface area contributed by atoms with Gasteiger partial charge in [0.15, 0.2) is 0 Å². The molecule has 0 aromatic heterocycles. The van der Waals surface area contributed by atoms with Gasteiger partial charge in [-0.15, -0.1) is 0 Å². The first-order chi connectivity index (χ1) is 5.22. The summed E-state index contributed by atoms with van der Waals surface area (Å²) in [7, 11) is 0. The normalized spacial score (nSPS) is 12.6. The number of esters is 1. The number of unbranched alkanes of at least 4 members (excludes halogenated alkanes) is 1. The van der Waals surface area contributed by atoms with Crippen molar-refractivity contribution < 1.29 is 9.53 Å². The molecule has 0 aliphatic rings. The third-order valence-electron chi connectivity index (χ3n) is 1.20. The van der Waals surface area contributed by atoms with Crippen LogP contribution in [0.2, 0.25) is 0 Å². The van der Waals surface area contributed by atoms with Gasteiger partial charge in [-0.25, -0.2) is 0 Å². The highest BCUT2D eigenvalue weighted by Crippen LogP contribution is 2.00. The van der Waals surface area contributed by atoms with Crippen molar-refractivity contribution in [2.24, 2.45) is 5.73 Å². The van der Waals surface area contributed by atoms with Gasteiger partial charge in [-0.2, -0.15) is 0 Å². The van der Waals surface area contributed by atoms with Crippen molar-refractivity contribution in [2.75, 3.05) is 13.2 Å².